The number of nitrogens with zero attached hydrogens (tertiary/aromatic N) is 2. The quantitative estimate of drug-likeness (QED) is 0.852. The molecule has 0 atom stereocenters. The summed E-state index contributed by atoms with van der Waals surface area (Å²) < 4.78 is 13.2. The lowest BCUT2D eigenvalue weighted by atomic mass is 10.1. The third kappa shape index (κ3) is 2.45. The van der Waals surface area contributed by atoms with Crippen molar-refractivity contribution in [3.05, 3.63) is 35.8 Å². The summed E-state index contributed by atoms with van der Waals surface area (Å²) >= 11 is 0. The molecular weight excluding hydrogens is 219 g/mol. The van der Waals surface area contributed by atoms with E-state index in [4.69, 9.17) is 5.73 Å². The minimum atomic E-state index is -0.279. The molecule has 17 heavy (non-hydrogen) atoms. The van der Waals surface area contributed by atoms with Gasteiger partial charge in [0.2, 0.25) is 0 Å². The zero-order valence-corrected chi connectivity index (χ0v) is 9.87. The first-order valence-corrected chi connectivity index (χ1v) is 5.31. The molecule has 2 aromatic rings. The van der Waals surface area contributed by atoms with Gasteiger partial charge in [-0.3, -0.25) is 5.10 Å². The van der Waals surface area contributed by atoms with Crippen LogP contribution in [-0.2, 0) is 6.54 Å². The minimum absolute atomic E-state index is 0.279. The topological polar surface area (TPSA) is 57.9 Å². The fraction of sp³-hybridized carbons (Fsp3) is 0.250. The molecule has 0 unspecified atom stereocenters. The number of rotatable bonds is 3. The zero-order valence-electron chi connectivity index (χ0n) is 9.87. The third-order valence-corrected chi connectivity index (χ3v) is 2.46. The van der Waals surface area contributed by atoms with Gasteiger partial charge in [-0.1, -0.05) is 12.1 Å². The number of H-pyrrole nitrogens is 1. The number of halogens is 1. The molecule has 5 heteroatoms. The first kappa shape index (κ1) is 11.6. The second-order valence-corrected chi connectivity index (χ2v) is 4.21. The Morgan fingerprint density at radius 1 is 1.41 bits per heavy atom. The van der Waals surface area contributed by atoms with E-state index < -0.39 is 0 Å². The van der Waals surface area contributed by atoms with Crippen LogP contribution >= 0.6 is 0 Å². The molecule has 0 amide bonds. The number of aromatic amines is 1. The van der Waals surface area contributed by atoms with Gasteiger partial charge in [0, 0.05) is 12.1 Å². The maximum absolute atomic E-state index is 13.2. The Morgan fingerprint density at radius 3 is 2.82 bits per heavy atom. The van der Waals surface area contributed by atoms with Crippen molar-refractivity contribution in [3.8, 4) is 11.1 Å². The highest BCUT2D eigenvalue weighted by molar-refractivity contribution is 5.76. The van der Waals surface area contributed by atoms with Gasteiger partial charge >= 0.3 is 0 Å². The standard InChI is InChI=1S/C12H15FN4/c1-17(2)7-10-11(12(14)16-15-10)8-4-3-5-9(13)6-8/h3-6H,7H2,1-2H3,(H3,14,15,16). The number of aromatic nitrogens is 2. The Kier molecular flexibility index (Phi) is 3.10. The number of benzene rings is 1. The molecule has 4 nitrogen and oxygen atoms in total. The van der Waals surface area contributed by atoms with Gasteiger partial charge in [0.05, 0.1) is 5.69 Å². The summed E-state index contributed by atoms with van der Waals surface area (Å²) in [6, 6.07) is 6.35. The summed E-state index contributed by atoms with van der Waals surface area (Å²) in [4.78, 5) is 2.00. The van der Waals surface area contributed by atoms with Crippen molar-refractivity contribution in [2.45, 2.75) is 6.54 Å². The second-order valence-electron chi connectivity index (χ2n) is 4.21. The molecule has 2 rings (SSSR count). The molecule has 90 valence electrons. The van der Waals surface area contributed by atoms with Gasteiger partial charge in [-0.05, 0) is 31.8 Å². The average Bonchev–Trinajstić information content (AvgIpc) is 2.59. The van der Waals surface area contributed by atoms with Crippen LogP contribution in [0.4, 0.5) is 10.2 Å². The fourth-order valence-corrected chi connectivity index (χ4v) is 1.79. The number of anilines is 1. The molecule has 0 aliphatic carbocycles. The van der Waals surface area contributed by atoms with Crippen molar-refractivity contribution in [2.75, 3.05) is 19.8 Å². The largest absolute Gasteiger partial charge is 0.382 e. The molecule has 0 aliphatic rings. The molecular formula is C12H15FN4. The highest BCUT2D eigenvalue weighted by atomic mass is 19.1. The molecule has 1 aromatic heterocycles. The van der Waals surface area contributed by atoms with Crippen LogP contribution in [0, 0.1) is 5.82 Å². The van der Waals surface area contributed by atoms with Crippen LogP contribution in [0.1, 0.15) is 5.69 Å². The monoisotopic (exact) mass is 234 g/mol. The van der Waals surface area contributed by atoms with Crippen molar-refractivity contribution < 1.29 is 4.39 Å². The number of nitrogens with one attached hydrogen (secondary N) is 1. The van der Waals surface area contributed by atoms with Gasteiger partial charge in [0.25, 0.3) is 0 Å². The molecule has 1 aromatic carbocycles. The smallest absolute Gasteiger partial charge is 0.153 e. The Balaban J connectivity index is 2.47. The minimum Gasteiger partial charge on any atom is -0.382 e. The molecule has 0 bridgehead atoms. The maximum Gasteiger partial charge on any atom is 0.153 e. The molecule has 1 heterocycles. The lowest BCUT2D eigenvalue weighted by molar-refractivity contribution is 0.397. The summed E-state index contributed by atoms with van der Waals surface area (Å²) in [5.41, 5.74) is 8.22. The van der Waals surface area contributed by atoms with E-state index in [1.54, 1.807) is 6.07 Å². The van der Waals surface area contributed by atoms with E-state index in [2.05, 4.69) is 10.2 Å². The summed E-state index contributed by atoms with van der Waals surface area (Å²) in [5.74, 6) is 0.117. The molecule has 0 saturated heterocycles. The van der Waals surface area contributed by atoms with Crippen molar-refractivity contribution >= 4 is 5.82 Å². The van der Waals surface area contributed by atoms with Gasteiger partial charge in [-0.25, -0.2) is 4.39 Å². The number of nitrogen functional groups attached to an aromatic ring is 1. The number of hydrogen-bond donors (Lipinski definition) is 2. The highest BCUT2D eigenvalue weighted by Gasteiger charge is 2.13. The van der Waals surface area contributed by atoms with E-state index in [-0.39, 0.29) is 5.82 Å². The first-order valence-electron chi connectivity index (χ1n) is 5.31. The average molecular weight is 234 g/mol. The van der Waals surface area contributed by atoms with E-state index in [9.17, 15) is 4.39 Å². The fourth-order valence-electron chi connectivity index (χ4n) is 1.79. The van der Waals surface area contributed by atoms with E-state index in [1.807, 2.05) is 25.1 Å². The predicted octanol–water partition coefficient (Wildman–Crippen LogP) is 1.86. The van der Waals surface area contributed by atoms with Gasteiger partial charge in [0.1, 0.15) is 5.82 Å². The van der Waals surface area contributed by atoms with Crippen LogP contribution < -0.4 is 5.73 Å². The number of nitrogens with two attached hydrogens (primary N) is 1. The van der Waals surface area contributed by atoms with Gasteiger partial charge in [0.15, 0.2) is 5.82 Å². The van der Waals surface area contributed by atoms with Gasteiger partial charge < -0.3 is 10.6 Å². The zero-order chi connectivity index (χ0) is 12.4. The molecule has 3 N–H and O–H groups in total. The maximum atomic E-state index is 13.2. The summed E-state index contributed by atoms with van der Waals surface area (Å²) in [5, 5.41) is 6.86. The lowest BCUT2D eigenvalue weighted by Gasteiger charge is -2.10. The van der Waals surface area contributed by atoms with Crippen molar-refractivity contribution in [3.63, 3.8) is 0 Å². The van der Waals surface area contributed by atoms with Gasteiger partial charge in [-0.15, -0.1) is 0 Å². The first-order chi connectivity index (χ1) is 8.08. The Bertz CT molecular complexity index is 519. The van der Waals surface area contributed by atoms with Crippen molar-refractivity contribution in [1.82, 2.24) is 15.1 Å². The van der Waals surface area contributed by atoms with Crippen LogP contribution in [-0.4, -0.2) is 29.2 Å². The SMILES string of the molecule is CN(C)Cc1[nH]nc(N)c1-c1cccc(F)c1. The molecule has 0 aliphatic heterocycles. The summed E-state index contributed by atoms with van der Waals surface area (Å²) in [7, 11) is 3.90. The third-order valence-electron chi connectivity index (χ3n) is 2.46. The lowest BCUT2D eigenvalue weighted by Crippen LogP contribution is -2.11. The van der Waals surface area contributed by atoms with Crippen LogP contribution in [0.15, 0.2) is 24.3 Å². The Morgan fingerprint density at radius 2 is 2.18 bits per heavy atom. The molecule has 0 radical (unpaired) electrons. The van der Waals surface area contributed by atoms with E-state index in [0.717, 1.165) is 16.8 Å². The Labute approximate surface area is 99.2 Å². The normalized spacial score (nSPS) is 11.1. The van der Waals surface area contributed by atoms with E-state index >= 15 is 0 Å². The highest BCUT2D eigenvalue weighted by Crippen LogP contribution is 2.28. The Hall–Kier alpha value is -1.88. The van der Waals surface area contributed by atoms with Gasteiger partial charge in [-0.2, -0.15) is 5.10 Å². The molecule has 0 saturated carbocycles. The van der Waals surface area contributed by atoms with Crippen LogP contribution in [0.25, 0.3) is 11.1 Å². The van der Waals surface area contributed by atoms with E-state index in [1.165, 1.54) is 12.1 Å². The van der Waals surface area contributed by atoms with Crippen LogP contribution in [0.5, 0.6) is 0 Å². The summed E-state index contributed by atoms with van der Waals surface area (Å²) in [6.45, 7) is 0.677. The van der Waals surface area contributed by atoms with Crippen LogP contribution in [0.2, 0.25) is 0 Å². The van der Waals surface area contributed by atoms with E-state index in [0.29, 0.717) is 12.4 Å². The number of hydrogen-bond acceptors (Lipinski definition) is 3. The van der Waals surface area contributed by atoms with Crippen molar-refractivity contribution in [2.24, 2.45) is 0 Å². The molecule has 0 fully saturated rings. The molecule has 0 spiro atoms. The predicted molar refractivity (Wildman–Crippen MR) is 65.8 cm³/mol. The second kappa shape index (κ2) is 4.55. The van der Waals surface area contributed by atoms with Crippen molar-refractivity contribution in [1.29, 1.82) is 0 Å². The summed E-state index contributed by atoms with van der Waals surface area (Å²) in [6.07, 6.45) is 0. The van der Waals surface area contributed by atoms with Crippen LogP contribution in [0.3, 0.4) is 0 Å².